The molecule has 0 spiro atoms. The Labute approximate surface area is 149 Å². The third-order valence-corrected chi connectivity index (χ3v) is 4.66. The summed E-state index contributed by atoms with van der Waals surface area (Å²) in [6.07, 6.45) is 2.79. The van der Waals surface area contributed by atoms with Crippen molar-refractivity contribution in [3.63, 3.8) is 0 Å². The van der Waals surface area contributed by atoms with Crippen LogP contribution in [0.3, 0.4) is 0 Å². The van der Waals surface area contributed by atoms with Crippen molar-refractivity contribution < 1.29 is 19.8 Å². The maximum Gasteiger partial charge on any atom is 0.335 e. The quantitative estimate of drug-likeness (QED) is 0.662. The number of aromatic nitrogens is 1. The van der Waals surface area contributed by atoms with E-state index in [1.807, 2.05) is 0 Å². The molecule has 130 valence electrons. The van der Waals surface area contributed by atoms with Crippen LogP contribution in [-0.4, -0.2) is 27.1 Å². The fourth-order valence-electron chi connectivity index (χ4n) is 3.38. The summed E-state index contributed by atoms with van der Waals surface area (Å²) in [7, 11) is 0. The molecule has 3 aromatic rings. The lowest BCUT2D eigenvalue weighted by Gasteiger charge is -2.15. The molecular weight excluding hydrogens is 332 g/mol. The summed E-state index contributed by atoms with van der Waals surface area (Å²) in [4.78, 5) is 27.1. The Morgan fingerprint density at radius 3 is 2.31 bits per heavy atom. The zero-order valence-electron chi connectivity index (χ0n) is 13.8. The number of hydrogen-bond acceptors (Lipinski definition) is 4. The number of anilines is 2. The van der Waals surface area contributed by atoms with Crippen molar-refractivity contribution in [3.8, 4) is 0 Å². The first-order valence-electron chi connectivity index (χ1n) is 8.32. The topological polar surface area (TPSA) is 99.5 Å². The van der Waals surface area contributed by atoms with Gasteiger partial charge in [0, 0.05) is 16.8 Å². The number of benzene rings is 2. The Hall–Kier alpha value is -3.41. The Kier molecular flexibility index (Phi) is 3.80. The molecule has 4 rings (SSSR count). The van der Waals surface area contributed by atoms with Gasteiger partial charge in [-0.15, -0.1) is 0 Å². The van der Waals surface area contributed by atoms with Crippen molar-refractivity contribution in [3.05, 3.63) is 64.8 Å². The van der Waals surface area contributed by atoms with Crippen molar-refractivity contribution >= 4 is 34.2 Å². The second-order valence-corrected chi connectivity index (χ2v) is 6.31. The van der Waals surface area contributed by atoms with Gasteiger partial charge in [-0.3, -0.25) is 4.98 Å². The number of aromatic carboxylic acids is 2. The first-order chi connectivity index (χ1) is 12.5. The molecule has 1 aliphatic carbocycles. The molecule has 0 atom stereocenters. The molecule has 0 fully saturated rings. The summed E-state index contributed by atoms with van der Waals surface area (Å²) in [5.74, 6) is -1.96. The largest absolute Gasteiger partial charge is 0.478 e. The second kappa shape index (κ2) is 6.15. The van der Waals surface area contributed by atoms with Crippen molar-refractivity contribution in [2.75, 3.05) is 5.32 Å². The van der Waals surface area contributed by atoms with E-state index in [1.54, 1.807) is 30.3 Å². The maximum atomic E-state index is 11.4. The Morgan fingerprint density at radius 1 is 0.923 bits per heavy atom. The third-order valence-electron chi connectivity index (χ3n) is 4.66. The fraction of sp³-hybridized carbons (Fsp3) is 0.150. The number of nitrogens with zero attached hydrogens (tertiary/aromatic N) is 1. The average molecular weight is 348 g/mol. The van der Waals surface area contributed by atoms with Crippen LogP contribution in [0.15, 0.2) is 42.5 Å². The maximum absolute atomic E-state index is 11.4. The summed E-state index contributed by atoms with van der Waals surface area (Å²) < 4.78 is 0. The predicted molar refractivity (Wildman–Crippen MR) is 97.4 cm³/mol. The molecule has 0 amide bonds. The van der Waals surface area contributed by atoms with E-state index in [2.05, 4.69) is 10.3 Å². The number of carboxylic acid groups (broad SMARTS) is 2. The van der Waals surface area contributed by atoms with Gasteiger partial charge in [-0.25, -0.2) is 9.59 Å². The number of carboxylic acids is 2. The van der Waals surface area contributed by atoms with Crippen molar-refractivity contribution in [2.45, 2.75) is 19.3 Å². The van der Waals surface area contributed by atoms with Gasteiger partial charge in [-0.2, -0.15) is 0 Å². The summed E-state index contributed by atoms with van der Waals surface area (Å²) in [6.45, 7) is 0. The second-order valence-electron chi connectivity index (χ2n) is 6.31. The molecule has 6 nitrogen and oxygen atoms in total. The molecule has 1 heterocycles. The lowest BCUT2D eigenvalue weighted by Crippen LogP contribution is -2.03. The van der Waals surface area contributed by atoms with Gasteiger partial charge in [0.15, 0.2) is 0 Å². The van der Waals surface area contributed by atoms with Gasteiger partial charge < -0.3 is 15.5 Å². The van der Waals surface area contributed by atoms with Crippen molar-refractivity contribution in [2.24, 2.45) is 0 Å². The van der Waals surface area contributed by atoms with Gasteiger partial charge >= 0.3 is 11.9 Å². The van der Waals surface area contributed by atoms with Gasteiger partial charge in [0.1, 0.15) is 0 Å². The van der Waals surface area contributed by atoms with Gasteiger partial charge in [0.25, 0.3) is 0 Å². The molecule has 1 aliphatic rings. The van der Waals surface area contributed by atoms with Crippen LogP contribution in [-0.2, 0) is 12.8 Å². The van der Waals surface area contributed by atoms with E-state index in [0.29, 0.717) is 0 Å². The lowest BCUT2D eigenvalue weighted by atomic mass is 10.0. The highest BCUT2D eigenvalue weighted by Crippen LogP contribution is 2.36. The highest BCUT2D eigenvalue weighted by Gasteiger charge is 2.20. The lowest BCUT2D eigenvalue weighted by molar-refractivity contribution is 0.0686. The molecule has 0 unspecified atom stereocenters. The summed E-state index contributed by atoms with van der Waals surface area (Å²) in [5.41, 5.74) is 4.91. The van der Waals surface area contributed by atoms with Gasteiger partial charge in [-0.1, -0.05) is 0 Å². The van der Waals surface area contributed by atoms with Crippen LogP contribution in [0, 0.1) is 0 Å². The van der Waals surface area contributed by atoms with E-state index in [9.17, 15) is 14.7 Å². The number of aryl methyl sites for hydroxylation is 1. The molecule has 1 aromatic heterocycles. The molecule has 2 aromatic carbocycles. The van der Waals surface area contributed by atoms with Gasteiger partial charge in [0.2, 0.25) is 0 Å². The third kappa shape index (κ3) is 2.75. The first kappa shape index (κ1) is 16.1. The molecule has 0 saturated carbocycles. The van der Waals surface area contributed by atoms with Crippen LogP contribution in [0.25, 0.3) is 10.9 Å². The highest BCUT2D eigenvalue weighted by molar-refractivity contribution is 6.00. The zero-order valence-corrected chi connectivity index (χ0v) is 13.8. The van der Waals surface area contributed by atoms with Crippen LogP contribution in [0.4, 0.5) is 11.4 Å². The predicted octanol–water partition coefficient (Wildman–Crippen LogP) is 3.86. The number of carbonyl (C=O) groups is 2. The van der Waals surface area contributed by atoms with Crippen LogP contribution in [0.2, 0.25) is 0 Å². The Morgan fingerprint density at radius 2 is 1.62 bits per heavy atom. The van der Waals surface area contributed by atoms with E-state index in [0.717, 1.165) is 52.8 Å². The van der Waals surface area contributed by atoms with E-state index in [1.165, 1.54) is 12.1 Å². The number of fused-ring (bicyclic) bond motifs is 2. The molecule has 26 heavy (non-hydrogen) atoms. The first-order valence-corrected chi connectivity index (χ1v) is 8.32. The molecule has 3 N–H and O–H groups in total. The number of hydrogen-bond donors (Lipinski definition) is 3. The van der Waals surface area contributed by atoms with Crippen LogP contribution in [0.5, 0.6) is 0 Å². The monoisotopic (exact) mass is 348 g/mol. The van der Waals surface area contributed by atoms with Gasteiger partial charge in [-0.05, 0) is 67.3 Å². The van der Waals surface area contributed by atoms with Gasteiger partial charge in [0.05, 0.1) is 22.3 Å². The standard InChI is InChI=1S/C20H16N2O4/c23-19(24)11-4-7-13(8-5-11)21-18-14-2-1-3-16(14)22-17-9-6-12(20(25)26)10-15(17)18/h4-10H,1-3H2,(H,21,22)(H,23,24)(H,25,26). The molecule has 0 radical (unpaired) electrons. The molecular formula is C20H16N2O4. The minimum atomic E-state index is -0.982. The highest BCUT2D eigenvalue weighted by atomic mass is 16.4. The number of rotatable bonds is 4. The summed E-state index contributed by atoms with van der Waals surface area (Å²) in [6, 6.07) is 11.4. The van der Waals surface area contributed by atoms with Crippen molar-refractivity contribution in [1.29, 1.82) is 0 Å². The van der Waals surface area contributed by atoms with Crippen LogP contribution < -0.4 is 5.32 Å². The van der Waals surface area contributed by atoms with E-state index >= 15 is 0 Å². The average Bonchev–Trinajstić information content (AvgIpc) is 3.09. The van der Waals surface area contributed by atoms with E-state index < -0.39 is 11.9 Å². The number of nitrogens with one attached hydrogen (secondary N) is 1. The Balaban J connectivity index is 1.85. The van der Waals surface area contributed by atoms with Crippen LogP contribution >= 0.6 is 0 Å². The minimum Gasteiger partial charge on any atom is -0.478 e. The summed E-state index contributed by atoms with van der Waals surface area (Å²) in [5, 5.41) is 22.4. The van der Waals surface area contributed by atoms with E-state index in [4.69, 9.17) is 5.11 Å². The smallest absolute Gasteiger partial charge is 0.335 e. The molecule has 6 heteroatoms. The minimum absolute atomic E-state index is 0.210. The molecule has 0 aliphatic heterocycles. The summed E-state index contributed by atoms with van der Waals surface area (Å²) >= 11 is 0. The normalized spacial score (nSPS) is 12.8. The molecule has 0 saturated heterocycles. The SMILES string of the molecule is O=C(O)c1ccc(Nc2c3c(nc4ccc(C(=O)O)cc24)CCC3)cc1. The van der Waals surface area contributed by atoms with Crippen molar-refractivity contribution in [1.82, 2.24) is 4.98 Å². The van der Waals surface area contributed by atoms with E-state index in [-0.39, 0.29) is 11.1 Å². The fourth-order valence-corrected chi connectivity index (χ4v) is 3.38. The number of pyridine rings is 1. The Bertz CT molecular complexity index is 1040. The zero-order chi connectivity index (χ0) is 18.3. The molecule has 0 bridgehead atoms. The van der Waals surface area contributed by atoms with Crippen LogP contribution in [0.1, 0.15) is 38.4 Å².